The summed E-state index contributed by atoms with van der Waals surface area (Å²) in [7, 11) is 3.23. The van der Waals surface area contributed by atoms with Crippen LogP contribution < -0.4 is 9.47 Å². The number of likely N-dealkylation sites (tertiary alicyclic amines) is 1. The van der Waals surface area contributed by atoms with Crippen molar-refractivity contribution in [2.24, 2.45) is 0 Å². The Kier molecular flexibility index (Phi) is 5.22. The van der Waals surface area contributed by atoms with Gasteiger partial charge >= 0.3 is 0 Å². The van der Waals surface area contributed by atoms with Gasteiger partial charge in [0, 0.05) is 12.1 Å². The van der Waals surface area contributed by atoms with Crippen LogP contribution in [-0.4, -0.2) is 31.6 Å². The molecule has 0 radical (unpaired) electrons. The average Bonchev–Trinajstić information content (AvgIpc) is 3.12. The first-order valence-corrected chi connectivity index (χ1v) is 8.39. The Morgan fingerprint density at radius 1 is 1.20 bits per heavy atom. The summed E-state index contributed by atoms with van der Waals surface area (Å²) in [5.41, 5.74) is 1.36. The quantitative estimate of drug-likeness (QED) is 0.830. The summed E-state index contributed by atoms with van der Waals surface area (Å²) < 4.78 is 24.6. The van der Waals surface area contributed by atoms with Gasteiger partial charge in [-0.25, -0.2) is 4.39 Å². The van der Waals surface area contributed by atoms with Crippen molar-refractivity contribution in [2.45, 2.75) is 25.3 Å². The molecular weight excluding hydrogens is 321 g/mol. The maximum Gasteiger partial charge on any atom is 0.227 e. The monoisotopic (exact) mass is 343 g/mol. The van der Waals surface area contributed by atoms with Gasteiger partial charge in [-0.3, -0.25) is 4.79 Å². The number of amides is 1. The Balaban J connectivity index is 1.85. The Morgan fingerprint density at radius 3 is 2.72 bits per heavy atom. The third-order valence-corrected chi connectivity index (χ3v) is 4.67. The lowest BCUT2D eigenvalue weighted by Crippen LogP contribution is -2.32. The van der Waals surface area contributed by atoms with Crippen molar-refractivity contribution in [3.63, 3.8) is 0 Å². The normalized spacial score (nSPS) is 16.8. The highest BCUT2D eigenvalue weighted by atomic mass is 19.1. The number of hydrogen-bond donors (Lipinski definition) is 0. The molecule has 0 N–H and O–H groups in total. The van der Waals surface area contributed by atoms with E-state index in [4.69, 9.17) is 9.47 Å². The molecule has 0 aliphatic carbocycles. The highest BCUT2D eigenvalue weighted by molar-refractivity contribution is 5.79. The molecule has 1 heterocycles. The van der Waals surface area contributed by atoms with Crippen molar-refractivity contribution < 1.29 is 18.7 Å². The molecule has 0 aromatic heterocycles. The van der Waals surface area contributed by atoms with E-state index in [1.807, 2.05) is 23.1 Å². The zero-order valence-electron chi connectivity index (χ0n) is 14.5. The Morgan fingerprint density at radius 2 is 2.00 bits per heavy atom. The molecule has 5 heteroatoms. The first-order chi connectivity index (χ1) is 12.1. The molecule has 1 amide bonds. The number of hydrogen-bond acceptors (Lipinski definition) is 3. The van der Waals surface area contributed by atoms with Crippen LogP contribution in [0.2, 0.25) is 0 Å². The molecule has 1 saturated heterocycles. The van der Waals surface area contributed by atoms with Gasteiger partial charge in [0.1, 0.15) is 17.3 Å². The number of halogens is 1. The zero-order chi connectivity index (χ0) is 17.8. The third-order valence-electron chi connectivity index (χ3n) is 4.67. The van der Waals surface area contributed by atoms with Gasteiger partial charge in [-0.1, -0.05) is 18.2 Å². The Labute approximate surface area is 147 Å². The molecule has 1 aliphatic rings. The van der Waals surface area contributed by atoms with E-state index in [9.17, 15) is 9.18 Å². The Bertz CT molecular complexity index is 762. The van der Waals surface area contributed by atoms with Crippen LogP contribution >= 0.6 is 0 Å². The van der Waals surface area contributed by atoms with Crippen LogP contribution in [0.15, 0.2) is 42.5 Å². The van der Waals surface area contributed by atoms with E-state index in [2.05, 4.69) is 0 Å². The fraction of sp³-hybridized carbons (Fsp3) is 0.350. The van der Waals surface area contributed by atoms with E-state index in [-0.39, 0.29) is 24.2 Å². The summed E-state index contributed by atoms with van der Waals surface area (Å²) in [6.45, 7) is 0.665. The van der Waals surface area contributed by atoms with E-state index < -0.39 is 0 Å². The maximum atomic E-state index is 13.9. The first-order valence-electron chi connectivity index (χ1n) is 8.39. The molecule has 25 heavy (non-hydrogen) atoms. The van der Waals surface area contributed by atoms with E-state index in [0.29, 0.717) is 12.1 Å². The summed E-state index contributed by atoms with van der Waals surface area (Å²) >= 11 is 0. The second-order valence-corrected chi connectivity index (χ2v) is 6.12. The second-order valence-electron chi connectivity index (χ2n) is 6.12. The van der Waals surface area contributed by atoms with Crippen molar-refractivity contribution in [3.8, 4) is 11.5 Å². The van der Waals surface area contributed by atoms with Crippen molar-refractivity contribution >= 4 is 5.91 Å². The molecule has 2 aromatic rings. The molecule has 0 spiro atoms. The largest absolute Gasteiger partial charge is 0.497 e. The number of methoxy groups -OCH3 is 2. The number of ether oxygens (including phenoxy) is 2. The zero-order valence-corrected chi connectivity index (χ0v) is 14.5. The number of carbonyl (C=O) groups is 1. The molecule has 1 atom stereocenters. The highest BCUT2D eigenvalue weighted by Gasteiger charge is 2.32. The van der Waals surface area contributed by atoms with Crippen LogP contribution in [0.4, 0.5) is 4.39 Å². The van der Waals surface area contributed by atoms with Crippen molar-refractivity contribution in [1.29, 1.82) is 0 Å². The van der Waals surface area contributed by atoms with Gasteiger partial charge in [-0.15, -0.1) is 0 Å². The minimum atomic E-state index is -0.342. The van der Waals surface area contributed by atoms with Crippen molar-refractivity contribution in [2.75, 3.05) is 20.8 Å². The lowest BCUT2D eigenvalue weighted by Gasteiger charge is -2.27. The molecule has 0 unspecified atom stereocenters. The van der Waals surface area contributed by atoms with Gasteiger partial charge in [-0.2, -0.15) is 0 Å². The lowest BCUT2D eigenvalue weighted by atomic mass is 10.0. The van der Waals surface area contributed by atoms with Crippen LogP contribution in [0.1, 0.15) is 30.0 Å². The third kappa shape index (κ3) is 3.60. The number of carbonyl (C=O) groups excluding carboxylic acids is 1. The van der Waals surface area contributed by atoms with Gasteiger partial charge < -0.3 is 14.4 Å². The molecule has 0 saturated carbocycles. The highest BCUT2D eigenvalue weighted by Crippen LogP contribution is 2.39. The van der Waals surface area contributed by atoms with Gasteiger partial charge in [0.15, 0.2) is 0 Å². The summed E-state index contributed by atoms with van der Waals surface area (Å²) in [6, 6.07) is 11.9. The van der Waals surface area contributed by atoms with E-state index in [1.165, 1.54) is 6.07 Å². The summed E-state index contributed by atoms with van der Waals surface area (Å²) in [4.78, 5) is 14.6. The van der Waals surface area contributed by atoms with Crippen molar-refractivity contribution in [1.82, 2.24) is 4.90 Å². The van der Waals surface area contributed by atoms with Crippen LogP contribution in [0.3, 0.4) is 0 Å². The molecule has 3 rings (SSSR count). The first kappa shape index (κ1) is 17.3. The summed E-state index contributed by atoms with van der Waals surface area (Å²) in [5, 5.41) is 0. The molecule has 4 nitrogen and oxygen atoms in total. The molecule has 1 aliphatic heterocycles. The van der Waals surface area contributed by atoms with Crippen LogP contribution in [0.5, 0.6) is 11.5 Å². The molecule has 132 valence electrons. The van der Waals surface area contributed by atoms with Gasteiger partial charge in [0.25, 0.3) is 0 Å². The number of nitrogens with zero attached hydrogens (tertiary/aromatic N) is 1. The van der Waals surface area contributed by atoms with E-state index in [1.54, 1.807) is 32.4 Å². The standard InChI is InChI=1S/C20H22FNO3/c1-24-15-9-10-19(25-2)16(13-15)18-8-5-11-22(18)20(23)12-14-6-3-4-7-17(14)21/h3-4,6-7,9-10,13,18H,5,8,11-12H2,1-2H3/t18-/m1/s1. The Hall–Kier alpha value is -2.56. The average molecular weight is 343 g/mol. The smallest absolute Gasteiger partial charge is 0.227 e. The summed E-state index contributed by atoms with van der Waals surface area (Å²) in [6.07, 6.45) is 1.83. The van der Waals surface area contributed by atoms with Gasteiger partial charge in [0.05, 0.1) is 26.7 Å². The van der Waals surface area contributed by atoms with Crippen LogP contribution in [0, 0.1) is 5.82 Å². The summed E-state index contributed by atoms with van der Waals surface area (Å²) in [5.74, 6) is 1.05. The number of benzene rings is 2. The predicted molar refractivity (Wildman–Crippen MR) is 93.3 cm³/mol. The SMILES string of the molecule is COc1ccc(OC)c([C@H]2CCCN2C(=O)Cc2ccccc2F)c1. The van der Waals surface area contributed by atoms with E-state index >= 15 is 0 Å². The second kappa shape index (κ2) is 7.55. The minimum Gasteiger partial charge on any atom is -0.497 e. The maximum absolute atomic E-state index is 13.9. The predicted octanol–water partition coefficient (Wildman–Crippen LogP) is 3.75. The van der Waals surface area contributed by atoms with Crippen LogP contribution in [-0.2, 0) is 11.2 Å². The van der Waals surface area contributed by atoms with Gasteiger partial charge in [0.2, 0.25) is 5.91 Å². The fourth-order valence-electron chi connectivity index (χ4n) is 3.39. The van der Waals surface area contributed by atoms with E-state index in [0.717, 1.165) is 29.9 Å². The van der Waals surface area contributed by atoms with Crippen molar-refractivity contribution in [3.05, 3.63) is 59.4 Å². The molecule has 2 aromatic carbocycles. The number of rotatable bonds is 5. The fourth-order valence-corrected chi connectivity index (χ4v) is 3.39. The topological polar surface area (TPSA) is 38.8 Å². The molecule has 0 bridgehead atoms. The van der Waals surface area contributed by atoms with Crippen LogP contribution in [0.25, 0.3) is 0 Å². The lowest BCUT2D eigenvalue weighted by molar-refractivity contribution is -0.131. The molecular formula is C20H22FNO3. The minimum absolute atomic E-state index is 0.0649. The molecule has 1 fully saturated rings. The van der Waals surface area contributed by atoms with Gasteiger partial charge in [-0.05, 0) is 42.7 Å².